The van der Waals surface area contributed by atoms with E-state index >= 15 is 0 Å². The van der Waals surface area contributed by atoms with Gasteiger partial charge in [-0.05, 0) is 24.3 Å². The van der Waals surface area contributed by atoms with Crippen molar-refractivity contribution in [2.75, 3.05) is 20.2 Å². The predicted molar refractivity (Wildman–Crippen MR) is 76.7 cm³/mol. The van der Waals surface area contributed by atoms with Crippen LogP contribution in [0.5, 0.6) is 0 Å². The van der Waals surface area contributed by atoms with Gasteiger partial charge in [0.05, 0.1) is 11.5 Å². The molecule has 0 aromatic heterocycles. The van der Waals surface area contributed by atoms with Crippen LogP contribution >= 0.6 is 11.6 Å². The molecule has 1 aliphatic heterocycles. The molecule has 1 heterocycles. The van der Waals surface area contributed by atoms with E-state index in [9.17, 15) is 18.0 Å². The van der Waals surface area contributed by atoms with Gasteiger partial charge in [0.1, 0.15) is 6.54 Å². The summed E-state index contributed by atoms with van der Waals surface area (Å²) < 4.78 is 34.9. The van der Waals surface area contributed by atoms with Crippen LogP contribution in [0.25, 0.3) is 0 Å². The molecule has 1 fully saturated rings. The number of hydrogen-bond donors (Lipinski definition) is 0. The van der Waals surface area contributed by atoms with Gasteiger partial charge in [-0.2, -0.15) is 4.31 Å². The first kappa shape index (κ1) is 16.7. The molecule has 7 nitrogen and oxygen atoms in total. The maximum atomic E-state index is 12.3. The fourth-order valence-corrected chi connectivity index (χ4v) is 3.07. The minimum absolute atomic E-state index is 0.00692. The van der Waals surface area contributed by atoms with Crippen molar-refractivity contribution in [2.24, 2.45) is 0 Å². The van der Waals surface area contributed by atoms with Gasteiger partial charge in [0.15, 0.2) is 0 Å². The largest absolute Gasteiger partial charge is 0.463 e. The molecule has 0 bridgehead atoms. The Bertz CT molecular complexity index is 672. The lowest BCUT2D eigenvalue weighted by atomic mass is 10.3. The van der Waals surface area contributed by atoms with Crippen molar-refractivity contribution >= 4 is 33.6 Å². The van der Waals surface area contributed by atoms with Crippen LogP contribution in [-0.2, 0) is 29.1 Å². The molecule has 2 rings (SSSR count). The number of halogens is 1. The van der Waals surface area contributed by atoms with Gasteiger partial charge in [-0.3, -0.25) is 4.79 Å². The zero-order valence-electron chi connectivity index (χ0n) is 11.7. The highest BCUT2D eigenvalue weighted by atomic mass is 35.5. The monoisotopic (exact) mass is 347 g/mol. The second-order valence-corrected chi connectivity index (χ2v) is 7.13. The standard InChI is InChI=1S/C13H14ClNO6S/c1-15(8-12(16)21-11-6-7-20-13(11)17)22(18,19)10-4-2-9(14)3-5-10/h2-5,11H,6-8H2,1H3. The van der Waals surface area contributed by atoms with Crippen LogP contribution in [0.2, 0.25) is 5.02 Å². The fourth-order valence-electron chi connectivity index (χ4n) is 1.83. The summed E-state index contributed by atoms with van der Waals surface area (Å²) >= 11 is 5.71. The Balaban J connectivity index is 2.01. The molecular weight excluding hydrogens is 334 g/mol. The first-order valence-corrected chi connectivity index (χ1v) is 8.20. The lowest BCUT2D eigenvalue weighted by Crippen LogP contribution is -2.35. The number of hydrogen-bond acceptors (Lipinski definition) is 6. The smallest absolute Gasteiger partial charge is 0.347 e. The number of benzene rings is 1. The summed E-state index contributed by atoms with van der Waals surface area (Å²) in [6, 6.07) is 5.56. The van der Waals surface area contributed by atoms with Crippen LogP contribution in [0.3, 0.4) is 0 Å². The minimum Gasteiger partial charge on any atom is -0.463 e. The third-order valence-corrected chi connectivity index (χ3v) is 5.10. The lowest BCUT2D eigenvalue weighted by molar-refractivity contribution is -0.160. The molecule has 0 amide bonds. The van der Waals surface area contributed by atoms with Gasteiger partial charge < -0.3 is 9.47 Å². The summed E-state index contributed by atoms with van der Waals surface area (Å²) in [5.74, 6) is -1.43. The van der Waals surface area contributed by atoms with Gasteiger partial charge >= 0.3 is 11.9 Å². The summed E-state index contributed by atoms with van der Waals surface area (Å²) in [7, 11) is -2.59. The van der Waals surface area contributed by atoms with Gasteiger partial charge in [0, 0.05) is 18.5 Å². The first-order chi connectivity index (χ1) is 10.3. The summed E-state index contributed by atoms with van der Waals surface area (Å²) in [4.78, 5) is 22.9. The molecule has 1 atom stereocenters. The van der Waals surface area contributed by atoms with Gasteiger partial charge in [0.2, 0.25) is 16.1 Å². The van der Waals surface area contributed by atoms with Crippen LogP contribution in [0.4, 0.5) is 0 Å². The third kappa shape index (κ3) is 3.76. The number of nitrogens with zero attached hydrogens (tertiary/aromatic N) is 1. The second-order valence-electron chi connectivity index (χ2n) is 4.65. The molecule has 22 heavy (non-hydrogen) atoms. The highest BCUT2D eigenvalue weighted by Crippen LogP contribution is 2.18. The lowest BCUT2D eigenvalue weighted by Gasteiger charge is -2.17. The van der Waals surface area contributed by atoms with Gasteiger partial charge in [-0.25, -0.2) is 13.2 Å². The van der Waals surface area contributed by atoms with E-state index in [-0.39, 0.29) is 17.9 Å². The normalized spacial score (nSPS) is 18.3. The number of sulfonamides is 1. The maximum Gasteiger partial charge on any atom is 0.347 e. The van der Waals surface area contributed by atoms with E-state index in [1.165, 1.54) is 31.3 Å². The number of cyclic esters (lactones) is 1. The Morgan fingerprint density at radius 3 is 2.59 bits per heavy atom. The van der Waals surface area contributed by atoms with E-state index in [4.69, 9.17) is 16.3 Å². The minimum atomic E-state index is -3.84. The molecule has 1 aromatic rings. The number of carbonyl (C=O) groups excluding carboxylic acids is 2. The summed E-state index contributed by atoms with van der Waals surface area (Å²) in [6.45, 7) is -0.315. The number of rotatable bonds is 5. The molecule has 0 aliphatic carbocycles. The fraction of sp³-hybridized carbons (Fsp3) is 0.385. The highest BCUT2D eigenvalue weighted by molar-refractivity contribution is 7.89. The quantitative estimate of drug-likeness (QED) is 0.732. The van der Waals surface area contributed by atoms with Crippen molar-refractivity contribution in [1.29, 1.82) is 0 Å². The number of likely N-dealkylation sites (N-methyl/N-ethyl adjacent to an activating group) is 1. The second kappa shape index (κ2) is 6.64. The van der Waals surface area contributed by atoms with Crippen molar-refractivity contribution in [1.82, 2.24) is 4.31 Å². The van der Waals surface area contributed by atoms with Crippen LogP contribution in [-0.4, -0.2) is 51.0 Å². The topological polar surface area (TPSA) is 90.0 Å². The van der Waals surface area contributed by atoms with Crippen LogP contribution in [0.15, 0.2) is 29.2 Å². The summed E-state index contributed by atoms with van der Waals surface area (Å²) in [5, 5.41) is 0.403. The first-order valence-electron chi connectivity index (χ1n) is 6.39. The Kier molecular flexibility index (Phi) is 5.05. The highest BCUT2D eigenvalue weighted by Gasteiger charge is 2.31. The van der Waals surface area contributed by atoms with E-state index in [2.05, 4.69) is 4.74 Å². The Labute approximate surface area is 132 Å². The van der Waals surface area contributed by atoms with E-state index in [1.807, 2.05) is 0 Å². The van der Waals surface area contributed by atoms with Crippen molar-refractivity contribution in [3.8, 4) is 0 Å². The molecule has 1 aliphatic rings. The van der Waals surface area contributed by atoms with Gasteiger partial charge in [0.25, 0.3) is 0 Å². The zero-order valence-corrected chi connectivity index (χ0v) is 13.3. The number of carbonyl (C=O) groups is 2. The molecule has 0 radical (unpaired) electrons. The average Bonchev–Trinajstić information content (AvgIpc) is 2.84. The Morgan fingerprint density at radius 2 is 2.05 bits per heavy atom. The van der Waals surface area contributed by atoms with E-state index in [0.717, 1.165) is 4.31 Å². The molecule has 0 N–H and O–H groups in total. The molecule has 1 saturated heterocycles. The maximum absolute atomic E-state index is 12.3. The van der Waals surface area contributed by atoms with Gasteiger partial charge in [-0.1, -0.05) is 11.6 Å². The third-order valence-electron chi connectivity index (χ3n) is 3.03. The Morgan fingerprint density at radius 1 is 1.41 bits per heavy atom. The molecular formula is C13H14ClNO6S. The van der Waals surface area contributed by atoms with Gasteiger partial charge in [-0.15, -0.1) is 0 Å². The van der Waals surface area contributed by atoms with E-state index in [1.54, 1.807) is 0 Å². The number of ether oxygens (including phenoxy) is 2. The van der Waals surface area contributed by atoms with Crippen LogP contribution in [0.1, 0.15) is 6.42 Å². The van der Waals surface area contributed by atoms with Crippen molar-refractivity contribution in [3.63, 3.8) is 0 Å². The molecule has 0 spiro atoms. The molecule has 1 aromatic carbocycles. The average molecular weight is 348 g/mol. The van der Waals surface area contributed by atoms with Crippen LogP contribution < -0.4 is 0 Å². The SMILES string of the molecule is CN(CC(=O)OC1CCOC1=O)S(=O)(=O)c1ccc(Cl)cc1. The summed E-state index contributed by atoms with van der Waals surface area (Å²) in [5.41, 5.74) is 0. The van der Waals surface area contributed by atoms with Crippen molar-refractivity contribution in [3.05, 3.63) is 29.3 Å². The van der Waals surface area contributed by atoms with Crippen molar-refractivity contribution < 1.29 is 27.5 Å². The van der Waals surface area contributed by atoms with E-state index < -0.39 is 34.6 Å². The molecule has 9 heteroatoms. The number of esters is 2. The van der Waals surface area contributed by atoms with Crippen LogP contribution in [0, 0.1) is 0 Å². The predicted octanol–water partition coefficient (Wildman–Crippen LogP) is 0.819. The molecule has 120 valence electrons. The van der Waals surface area contributed by atoms with E-state index in [0.29, 0.717) is 5.02 Å². The summed E-state index contributed by atoms with van der Waals surface area (Å²) in [6.07, 6.45) is -0.683. The molecule has 1 unspecified atom stereocenters. The zero-order chi connectivity index (χ0) is 16.3. The Hall–Kier alpha value is -1.64. The molecule has 0 saturated carbocycles. The van der Waals surface area contributed by atoms with Crippen molar-refractivity contribution in [2.45, 2.75) is 17.4 Å².